The summed E-state index contributed by atoms with van der Waals surface area (Å²) < 4.78 is 0. The number of H-pyrrole nitrogens is 4. The van der Waals surface area contributed by atoms with Crippen molar-refractivity contribution in [2.24, 2.45) is 0 Å². The fraction of sp³-hybridized carbons (Fsp3) is 0.270. The number of hydrogen-bond donors (Lipinski definition) is 9. The molecule has 4 aromatic carbocycles. The standard InChI is InChI=1S/C17H18N6O.C10H15NO.C10H15N/c1-10(11-2-4-13-15(8-11)22-20-13)18-6-7-19-17(24)12-3-5-14-16(9-12)23-21-14;1-10(2,3)7-4-5-9(12)8(11)6-7;1-10(2,3)8-5-4-6-9(11)7-8/h2-5,8-9,18,20-23H,1,6-7H2,(H,19,24);4-6,12H,11H2,1-3H3;4-7H,11H2,1-3H3. The van der Waals surface area contributed by atoms with Crippen LogP contribution < -0.4 is 22.1 Å². The number of aromatic hydroxyl groups is 1. The molecule has 0 aliphatic carbocycles. The predicted octanol–water partition coefficient (Wildman–Crippen LogP) is 7.13. The molecule has 0 aliphatic heterocycles. The highest BCUT2D eigenvalue weighted by Gasteiger charge is 2.14. The van der Waals surface area contributed by atoms with Crippen LogP contribution in [-0.2, 0) is 10.8 Å². The number of aromatic nitrogens is 4. The van der Waals surface area contributed by atoms with Gasteiger partial charge in [-0.3, -0.25) is 25.2 Å². The Kier molecular flexibility index (Phi) is 10.4. The Bertz CT molecular complexity index is 1860. The van der Waals surface area contributed by atoms with Gasteiger partial charge in [0.15, 0.2) is 0 Å². The predicted molar refractivity (Wildman–Crippen MR) is 195 cm³/mol. The second-order valence-electron chi connectivity index (χ2n) is 13.6. The lowest BCUT2D eigenvalue weighted by atomic mass is 9.87. The number of carbonyl (C=O) groups excluding carboxylic acids is 1. The molecule has 11 N–H and O–H groups in total. The van der Waals surface area contributed by atoms with Crippen LogP contribution in [0.3, 0.4) is 0 Å². The fourth-order valence-electron chi connectivity index (χ4n) is 4.61. The zero-order chi connectivity index (χ0) is 34.4. The Hall–Kier alpha value is -5.51. The van der Waals surface area contributed by atoms with Crippen LogP contribution in [0.4, 0.5) is 11.4 Å². The highest BCUT2D eigenvalue weighted by Crippen LogP contribution is 2.28. The van der Waals surface area contributed by atoms with Crippen LogP contribution in [0.2, 0.25) is 0 Å². The summed E-state index contributed by atoms with van der Waals surface area (Å²) in [6.45, 7) is 18.0. The molecule has 0 saturated carbocycles. The number of anilines is 2. The minimum Gasteiger partial charge on any atom is -0.506 e. The zero-order valence-electron chi connectivity index (χ0n) is 28.1. The number of nitrogen functional groups attached to an aromatic ring is 2. The van der Waals surface area contributed by atoms with E-state index in [1.807, 2.05) is 60.7 Å². The molecular formula is C37H48N8O2. The van der Waals surface area contributed by atoms with Crippen molar-refractivity contribution in [3.63, 3.8) is 0 Å². The van der Waals surface area contributed by atoms with Gasteiger partial charge in [0.2, 0.25) is 0 Å². The SMILES string of the molecule is C=C(NCCNC(=O)c1ccc2[nH][nH]c2c1)c1ccc2[nH][nH]c2c1.CC(C)(C)c1ccc(O)c(N)c1.CC(C)(C)c1cccc(N)c1. The van der Waals surface area contributed by atoms with Gasteiger partial charge in [-0.05, 0) is 82.1 Å². The van der Waals surface area contributed by atoms with Crippen LogP contribution in [-0.4, -0.2) is 44.5 Å². The normalized spacial score (nSPS) is 11.4. The summed E-state index contributed by atoms with van der Waals surface area (Å²) in [5, 5.41) is 27.2. The lowest BCUT2D eigenvalue weighted by Crippen LogP contribution is -2.31. The van der Waals surface area contributed by atoms with Crippen molar-refractivity contribution in [3.8, 4) is 5.75 Å². The summed E-state index contributed by atoms with van der Waals surface area (Å²) in [5.74, 6) is 0.0678. The van der Waals surface area contributed by atoms with Crippen LogP contribution in [0, 0.1) is 0 Å². The molecule has 0 unspecified atom stereocenters. The van der Waals surface area contributed by atoms with E-state index in [-0.39, 0.29) is 22.5 Å². The second kappa shape index (κ2) is 14.3. The van der Waals surface area contributed by atoms with Crippen molar-refractivity contribution in [1.82, 2.24) is 31.0 Å². The van der Waals surface area contributed by atoms with Crippen LogP contribution >= 0.6 is 0 Å². The van der Waals surface area contributed by atoms with Gasteiger partial charge in [0, 0.05) is 30.0 Å². The van der Waals surface area contributed by atoms with Crippen molar-refractivity contribution in [2.45, 2.75) is 52.4 Å². The van der Waals surface area contributed by atoms with E-state index in [0.717, 1.165) is 44.6 Å². The van der Waals surface area contributed by atoms with Gasteiger partial charge in [0.05, 0.1) is 27.8 Å². The average Bonchev–Trinajstić information content (AvgIpc) is 2.97. The number of benzene rings is 4. The number of amides is 1. The van der Waals surface area contributed by atoms with E-state index >= 15 is 0 Å². The molecule has 10 heteroatoms. The maximum Gasteiger partial charge on any atom is 0.251 e. The van der Waals surface area contributed by atoms with Crippen LogP contribution in [0.25, 0.3) is 27.8 Å². The molecule has 6 rings (SSSR count). The summed E-state index contributed by atoms with van der Waals surface area (Å²) in [5.41, 5.74) is 21.8. The zero-order valence-corrected chi connectivity index (χ0v) is 28.1. The highest BCUT2D eigenvalue weighted by molar-refractivity contribution is 5.97. The van der Waals surface area contributed by atoms with Gasteiger partial charge in [0.25, 0.3) is 5.91 Å². The third-order valence-corrected chi connectivity index (χ3v) is 7.71. The second-order valence-corrected chi connectivity index (χ2v) is 13.6. The number of fused-ring (bicyclic) bond motifs is 2. The molecule has 0 atom stereocenters. The average molecular weight is 637 g/mol. The third kappa shape index (κ3) is 9.26. The van der Waals surface area contributed by atoms with Crippen molar-refractivity contribution in [1.29, 1.82) is 0 Å². The van der Waals surface area contributed by atoms with E-state index < -0.39 is 0 Å². The molecule has 1 amide bonds. The molecule has 2 aromatic heterocycles. The minimum absolute atomic E-state index is 0.0851. The molecule has 10 nitrogen and oxygen atoms in total. The maximum atomic E-state index is 12.1. The van der Waals surface area contributed by atoms with Gasteiger partial charge in [-0.2, -0.15) is 0 Å². The minimum atomic E-state index is -0.0878. The molecule has 0 aliphatic rings. The van der Waals surface area contributed by atoms with Gasteiger partial charge in [-0.1, -0.05) is 72.4 Å². The van der Waals surface area contributed by atoms with E-state index in [0.29, 0.717) is 24.3 Å². The first-order valence-corrected chi connectivity index (χ1v) is 15.6. The number of nitrogens with two attached hydrogens (primary N) is 2. The van der Waals surface area contributed by atoms with Gasteiger partial charge in [-0.15, -0.1) is 0 Å². The fourth-order valence-corrected chi connectivity index (χ4v) is 4.61. The van der Waals surface area contributed by atoms with E-state index in [9.17, 15) is 9.90 Å². The molecule has 6 aromatic rings. The number of phenols is 1. The molecule has 0 spiro atoms. The van der Waals surface area contributed by atoms with Crippen molar-refractivity contribution in [3.05, 3.63) is 108 Å². The monoisotopic (exact) mass is 636 g/mol. The van der Waals surface area contributed by atoms with Crippen molar-refractivity contribution in [2.75, 3.05) is 24.6 Å². The van der Waals surface area contributed by atoms with Gasteiger partial charge in [-0.25, -0.2) is 0 Å². The smallest absolute Gasteiger partial charge is 0.251 e. The van der Waals surface area contributed by atoms with E-state index in [4.69, 9.17) is 11.5 Å². The first kappa shape index (κ1) is 34.4. The summed E-state index contributed by atoms with van der Waals surface area (Å²) in [6, 6.07) is 24.9. The molecule has 0 fully saturated rings. The summed E-state index contributed by atoms with van der Waals surface area (Å²) >= 11 is 0. The quantitative estimate of drug-likeness (QED) is 0.0535. The molecule has 248 valence electrons. The Labute approximate surface area is 276 Å². The van der Waals surface area contributed by atoms with E-state index in [1.165, 1.54) is 5.56 Å². The lowest BCUT2D eigenvalue weighted by molar-refractivity contribution is 0.0954. The number of hydrogen-bond acceptors (Lipinski definition) is 5. The molecule has 47 heavy (non-hydrogen) atoms. The molecule has 0 saturated heterocycles. The number of rotatable bonds is 6. The highest BCUT2D eigenvalue weighted by atomic mass is 16.3. The molecule has 0 radical (unpaired) electrons. The number of nitrogens with one attached hydrogen (secondary N) is 6. The van der Waals surface area contributed by atoms with Crippen molar-refractivity contribution >= 4 is 45.0 Å². The Morgan fingerprint density at radius 1 is 0.681 bits per heavy atom. The first-order valence-electron chi connectivity index (χ1n) is 15.6. The first-order chi connectivity index (χ1) is 22.1. The summed E-state index contributed by atoms with van der Waals surface area (Å²) in [4.78, 5) is 12.1. The lowest BCUT2D eigenvalue weighted by Gasteiger charge is -2.19. The summed E-state index contributed by atoms with van der Waals surface area (Å²) in [6.07, 6.45) is 0. The number of carbonyl (C=O) groups is 1. The number of phenolic OH excluding ortho intramolecular Hbond substituents is 1. The van der Waals surface area contributed by atoms with E-state index in [2.05, 4.69) is 85.2 Å². The third-order valence-electron chi connectivity index (χ3n) is 7.71. The maximum absolute atomic E-state index is 12.1. The van der Waals surface area contributed by atoms with Crippen LogP contribution in [0.1, 0.15) is 68.6 Å². The van der Waals surface area contributed by atoms with Crippen molar-refractivity contribution < 1.29 is 9.90 Å². The summed E-state index contributed by atoms with van der Waals surface area (Å²) in [7, 11) is 0. The van der Waals surface area contributed by atoms with E-state index in [1.54, 1.807) is 12.1 Å². The molecular weight excluding hydrogens is 588 g/mol. The molecule has 0 bridgehead atoms. The largest absolute Gasteiger partial charge is 0.506 e. The van der Waals surface area contributed by atoms with Gasteiger partial charge < -0.3 is 27.2 Å². The topological polar surface area (TPSA) is 177 Å². The number of aromatic amines is 4. The van der Waals surface area contributed by atoms with Crippen LogP contribution in [0.15, 0.2) is 85.4 Å². The Balaban J connectivity index is 0.000000182. The van der Waals surface area contributed by atoms with Gasteiger partial charge >= 0.3 is 0 Å². The Morgan fingerprint density at radius 2 is 1.21 bits per heavy atom. The van der Waals surface area contributed by atoms with Crippen LogP contribution in [0.5, 0.6) is 5.75 Å². The Morgan fingerprint density at radius 3 is 1.70 bits per heavy atom. The van der Waals surface area contributed by atoms with Gasteiger partial charge in [0.1, 0.15) is 5.75 Å². The molecule has 2 heterocycles.